The second-order valence-electron chi connectivity index (χ2n) is 4.92. The van der Waals surface area contributed by atoms with Crippen LogP contribution in [0.2, 0.25) is 0 Å². The number of hydrogen-bond acceptors (Lipinski definition) is 4. The van der Waals surface area contributed by atoms with Crippen molar-refractivity contribution in [3.63, 3.8) is 0 Å². The SMILES string of the molecule is N=Cn1c(=N)c(NC2CCCC2)nc2ccccc21. The summed E-state index contributed by atoms with van der Waals surface area (Å²) in [5.74, 6) is 0.578. The zero-order valence-corrected chi connectivity index (χ0v) is 10.7. The van der Waals surface area contributed by atoms with Gasteiger partial charge in [-0.3, -0.25) is 15.4 Å². The first-order valence-corrected chi connectivity index (χ1v) is 6.62. The molecule has 1 aliphatic carbocycles. The van der Waals surface area contributed by atoms with Crippen LogP contribution in [0.15, 0.2) is 24.3 Å². The molecule has 19 heavy (non-hydrogen) atoms. The predicted molar refractivity (Wildman–Crippen MR) is 75.6 cm³/mol. The fourth-order valence-corrected chi connectivity index (χ4v) is 2.67. The van der Waals surface area contributed by atoms with Gasteiger partial charge in [-0.05, 0) is 25.0 Å². The van der Waals surface area contributed by atoms with Gasteiger partial charge in [0.2, 0.25) is 0 Å². The van der Waals surface area contributed by atoms with Gasteiger partial charge in [-0.1, -0.05) is 25.0 Å². The molecule has 0 aliphatic heterocycles. The van der Waals surface area contributed by atoms with Gasteiger partial charge in [0.25, 0.3) is 0 Å². The average Bonchev–Trinajstić information content (AvgIpc) is 2.93. The van der Waals surface area contributed by atoms with Crippen molar-refractivity contribution < 1.29 is 0 Å². The Labute approximate surface area is 111 Å². The first-order valence-electron chi connectivity index (χ1n) is 6.62. The smallest absolute Gasteiger partial charge is 0.174 e. The molecule has 0 unspecified atom stereocenters. The van der Waals surface area contributed by atoms with Crippen LogP contribution in [0.4, 0.5) is 5.82 Å². The molecule has 2 aromatic rings. The molecule has 0 bridgehead atoms. The Kier molecular flexibility index (Phi) is 3.03. The van der Waals surface area contributed by atoms with Gasteiger partial charge in [-0.2, -0.15) is 0 Å². The molecule has 1 fully saturated rings. The summed E-state index contributed by atoms with van der Waals surface area (Å²) in [5.41, 5.74) is 1.85. The number of anilines is 1. The highest BCUT2D eigenvalue weighted by atomic mass is 15.1. The zero-order chi connectivity index (χ0) is 13.2. The number of aromatic nitrogens is 2. The molecule has 1 aromatic carbocycles. The number of fused-ring (bicyclic) bond motifs is 1. The maximum Gasteiger partial charge on any atom is 0.174 e. The van der Waals surface area contributed by atoms with E-state index in [1.165, 1.54) is 19.2 Å². The van der Waals surface area contributed by atoms with Crippen molar-refractivity contribution in [1.82, 2.24) is 9.55 Å². The standard InChI is InChI=1S/C14H17N5/c15-9-19-12-8-4-3-7-11(12)18-14(13(19)16)17-10-5-1-2-6-10/h3-4,7-10,15-16H,1-2,5-6H2,(H,17,18). The molecule has 5 nitrogen and oxygen atoms in total. The minimum Gasteiger partial charge on any atom is -0.364 e. The van der Waals surface area contributed by atoms with Crippen molar-refractivity contribution in [2.75, 3.05) is 5.32 Å². The lowest BCUT2D eigenvalue weighted by Gasteiger charge is -2.15. The number of rotatable bonds is 3. The summed E-state index contributed by atoms with van der Waals surface area (Å²) < 4.78 is 1.56. The van der Waals surface area contributed by atoms with Gasteiger partial charge >= 0.3 is 0 Å². The lowest BCUT2D eigenvalue weighted by atomic mass is 10.2. The van der Waals surface area contributed by atoms with Crippen molar-refractivity contribution in [2.45, 2.75) is 31.7 Å². The maximum absolute atomic E-state index is 8.18. The summed E-state index contributed by atoms with van der Waals surface area (Å²) in [6.45, 7) is 0. The van der Waals surface area contributed by atoms with E-state index in [-0.39, 0.29) is 5.49 Å². The van der Waals surface area contributed by atoms with Gasteiger partial charge in [0, 0.05) is 6.04 Å². The third-order valence-electron chi connectivity index (χ3n) is 3.66. The molecule has 3 rings (SSSR count). The van der Waals surface area contributed by atoms with Crippen molar-refractivity contribution in [3.8, 4) is 0 Å². The quantitative estimate of drug-likeness (QED) is 0.581. The molecule has 1 heterocycles. The Bertz CT molecular complexity index is 667. The van der Waals surface area contributed by atoms with Gasteiger partial charge in [-0.15, -0.1) is 0 Å². The molecule has 0 atom stereocenters. The fourth-order valence-electron chi connectivity index (χ4n) is 2.67. The lowest BCUT2D eigenvalue weighted by molar-refractivity contribution is 0.745. The van der Waals surface area contributed by atoms with Crippen molar-refractivity contribution in [3.05, 3.63) is 29.8 Å². The molecule has 0 amide bonds. The molecular weight excluding hydrogens is 238 g/mol. The monoisotopic (exact) mass is 255 g/mol. The van der Waals surface area contributed by atoms with Crippen molar-refractivity contribution >= 4 is 23.2 Å². The second kappa shape index (κ2) is 4.84. The third kappa shape index (κ3) is 2.12. The first-order chi connectivity index (χ1) is 9.29. The Balaban J connectivity index is 2.11. The Morgan fingerprint density at radius 3 is 2.74 bits per heavy atom. The summed E-state index contributed by atoms with van der Waals surface area (Å²) >= 11 is 0. The van der Waals surface area contributed by atoms with Gasteiger partial charge < -0.3 is 5.32 Å². The Hall–Kier alpha value is -2.17. The predicted octanol–water partition coefficient (Wildman–Crippen LogP) is 2.33. The molecule has 0 radical (unpaired) electrons. The molecule has 3 N–H and O–H groups in total. The van der Waals surface area contributed by atoms with E-state index < -0.39 is 0 Å². The summed E-state index contributed by atoms with van der Waals surface area (Å²) in [7, 11) is 0. The van der Waals surface area contributed by atoms with Crippen LogP contribution in [-0.2, 0) is 0 Å². The van der Waals surface area contributed by atoms with E-state index in [1.807, 2.05) is 24.3 Å². The highest BCUT2D eigenvalue weighted by Crippen LogP contribution is 2.21. The number of nitrogens with one attached hydrogen (secondary N) is 3. The summed E-state index contributed by atoms with van der Waals surface area (Å²) in [6.07, 6.45) is 5.93. The van der Waals surface area contributed by atoms with Gasteiger partial charge in [0.1, 0.15) is 0 Å². The van der Waals surface area contributed by atoms with Crippen molar-refractivity contribution in [2.24, 2.45) is 0 Å². The van der Waals surface area contributed by atoms with Crippen molar-refractivity contribution in [1.29, 1.82) is 10.8 Å². The Morgan fingerprint density at radius 2 is 2.00 bits per heavy atom. The normalized spacial score (nSPS) is 15.8. The molecule has 0 saturated heterocycles. The molecule has 1 aromatic heterocycles. The molecule has 98 valence electrons. The van der Waals surface area contributed by atoms with Crippen LogP contribution in [0, 0.1) is 10.8 Å². The minimum atomic E-state index is 0.251. The van der Waals surface area contributed by atoms with E-state index in [1.54, 1.807) is 4.57 Å². The average molecular weight is 255 g/mol. The molecule has 1 aliphatic rings. The van der Waals surface area contributed by atoms with Crippen LogP contribution in [0.25, 0.3) is 11.0 Å². The van der Waals surface area contributed by atoms with E-state index >= 15 is 0 Å². The zero-order valence-electron chi connectivity index (χ0n) is 10.7. The highest BCUT2D eigenvalue weighted by molar-refractivity contribution is 5.82. The molecule has 5 heteroatoms. The van der Waals surface area contributed by atoms with Gasteiger partial charge in [0.15, 0.2) is 11.3 Å². The van der Waals surface area contributed by atoms with Crippen LogP contribution < -0.4 is 10.8 Å². The molecular formula is C14H17N5. The summed E-state index contributed by atoms with van der Waals surface area (Å²) in [4.78, 5) is 4.52. The number of benzene rings is 1. The molecule has 1 saturated carbocycles. The first kappa shape index (κ1) is 11.9. The van der Waals surface area contributed by atoms with E-state index in [9.17, 15) is 0 Å². The second-order valence-corrected chi connectivity index (χ2v) is 4.92. The van der Waals surface area contributed by atoms with Crippen LogP contribution in [0.5, 0.6) is 0 Å². The van der Waals surface area contributed by atoms with Crippen LogP contribution in [0.1, 0.15) is 25.7 Å². The fraction of sp³-hybridized carbons (Fsp3) is 0.357. The van der Waals surface area contributed by atoms with E-state index in [4.69, 9.17) is 10.8 Å². The summed E-state index contributed by atoms with van der Waals surface area (Å²) in [5, 5.41) is 19.0. The van der Waals surface area contributed by atoms with Gasteiger partial charge in [-0.25, -0.2) is 4.98 Å². The van der Waals surface area contributed by atoms with Crippen LogP contribution in [-0.4, -0.2) is 21.9 Å². The highest BCUT2D eigenvalue weighted by Gasteiger charge is 2.16. The van der Waals surface area contributed by atoms with Gasteiger partial charge in [0.05, 0.1) is 17.4 Å². The van der Waals surface area contributed by atoms with E-state index in [2.05, 4.69) is 10.3 Å². The third-order valence-corrected chi connectivity index (χ3v) is 3.66. The maximum atomic E-state index is 8.18. The number of para-hydroxylation sites is 2. The van der Waals surface area contributed by atoms with E-state index in [0.717, 1.165) is 23.9 Å². The Morgan fingerprint density at radius 1 is 1.26 bits per heavy atom. The number of hydrogen-bond donors (Lipinski definition) is 3. The summed E-state index contributed by atoms with van der Waals surface area (Å²) in [6, 6.07) is 8.02. The van der Waals surface area contributed by atoms with Crippen LogP contribution in [0.3, 0.4) is 0 Å². The number of nitrogens with zero attached hydrogens (tertiary/aromatic N) is 2. The van der Waals surface area contributed by atoms with Crippen LogP contribution >= 0.6 is 0 Å². The molecule has 0 spiro atoms. The topological polar surface area (TPSA) is 77.5 Å². The lowest BCUT2D eigenvalue weighted by Crippen LogP contribution is -2.28. The minimum absolute atomic E-state index is 0.251. The van der Waals surface area contributed by atoms with E-state index in [0.29, 0.717) is 11.9 Å². The largest absolute Gasteiger partial charge is 0.364 e.